The average molecular weight is 382 g/mol. The maximum absolute atomic E-state index is 12.6. The number of benzene rings is 1. The first-order chi connectivity index (χ1) is 12.2. The Bertz CT molecular complexity index is 876. The molecular formula is C16H13F3N4O2S. The molecule has 0 radical (unpaired) electrons. The monoisotopic (exact) mass is 382 g/mol. The van der Waals surface area contributed by atoms with Crippen LogP contribution in [-0.4, -0.2) is 31.9 Å². The zero-order valence-corrected chi connectivity index (χ0v) is 14.3. The van der Waals surface area contributed by atoms with Gasteiger partial charge in [0.15, 0.2) is 0 Å². The maximum Gasteiger partial charge on any atom is 0.446 e. The second-order valence-corrected chi connectivity index (χ2v) is 6.59. The maximum atomic E-state index is 12.6. The lowest BCUT2D eigenvalue weighted by molar-refractivity contribution is -0.114. The highest BCUT2D eigenvalue weighted by molar-refractivity contribution is 8.00. The SMILES string of the molecule is C=C1C(=O)N(c2ccc(SC(F)(F)F)cc2)C(=O)N1Cc1nccn1C. The van der Waals surface area contributed by atoms with Crippen molar-refractivity contribution in [3.8, 4) is 0 Å². The number of alkyl halides is 3. The summed E-state index contributed by atoms with van der Waals surface area (Å²) < 4.78 is 38.9. The zero-order valence-electron chi connectivity index (χ0n) is 13.5. The first-order valence-electron chi connectivity index (χ1n) is 7.34. The van der Waals surface area contributed by atoms with E-state index in [-0.39, 0.29) is 34.6 Å². The van der Waals surface area contributed by atoms with E-state index in [2.05, 4.69) is 11.6 Å². The van der Waals surface area contributed by atoms with Crippen LogP contribution >= 0.6 is 11.8 Å². The molecule has 136 valence electrons. The summed E-state index contributed by atoms with van der Waals surface area (Å²) in [5.74, 6) is -0.0634. The average Bonchev–Trinajstić information content (AvgIpc) is 3.04. The second kappa shape index (κ2) is 6.52. The van der Waals surface area contributed by atoms with Crippen molar-refractivity contribution in [3.63, 3.8) is 0 Å². The highest BCUT2D eigenvalue weighted by Gasteiger charge is 2.41. The zero-order chi connectivity index (χ0) is 19.1. The third-order valence-corrected chi connectivity index (χ3v) is 4.49. The van der Waals surface area contributed by atoms with Crippen LogP contribution in [0.2, 0.25) is 0 Å². The summed E-state index contributed by atoms with van der Waals surface area (Å²) in [6.07, 6.45) is 3.27. The predicted molar refractivity (Wildman–Crippen MR) is 89.1 cm³/mol. The van der Waals surface area contributed by atoms with Gasteiger partial charge in [-0.25, -0.2) is 14.7 Å². The third-order valence-electron chi connectivity index (χ3n) is 3.75. The third kappa shape index (κ3) is 3.45. The van der Waals surface area contributed by atoms with Crippen molar-refractivity contribution in [3.05, 3.63) is 54.8 Å². The number of hydrogen-bond acceptors (Lipinski definition) is 4. The van der Waals surface area contributed by atoms with Gasteiger partial charge in [0.05, 0.1) is 12.2 Å². The first-order valence-corrected chi connectivity index (χ1v) is 8.16. The minimum absolute atomic E-state index is 0.0215. The number of rotatable bonds is 4. The molecule has 0 aliphatic carbocycles. The van der Waals surface area contributed by atoms with E-state index in [4.69, 9.17) is 0 Å². The van der Waals surface area contributed by atoms with Gasteiger partial charge in [-0.3, -0.25) is 9.69 Å². The fourth-order valence-corrected chi connectivity index (χ4v) is 2.98. The van der Waals surface area contributed by atoms with Crippen LogP contribution in [-0.2, 0) is 18.4 Å². The molecule has 26 heavy (non-hydrogen) atoms. The molecule has 0 N–H and O–H groups in total. The van der Waals surface area contributed by atoms with Crippen LogP contribution in [0.25, 0.3) is 0 Å². The smallest absolute Gasteiger partial charge is 0.337 e. The van der Waals surface area contributed by atoms with Gasteiger partial charge in [0.1, 0.15) is 11.5 Å². The largest absolute Gasteiger partial charge is 0.446 e. The molecular weight excluding hydrogens is 369 g/mol. The lowest BCUT2D eigenvalue weighted by Crippen LogP contribution is -2.33. The highest BCUT2D eigenvalue weighted by atomic mass is 32.2. The first kappa shape index (κ1) is 18.1. The number of urea groups is 1. The number of amides is 3. The van der Waals surface area contributed by atoms with Crippen LogP contribution in [0.3, 0.4) is 0 Å². The minimum Gasteiger partial charge on any atom is -0.337 e. The summed E-state index contributed by atoms with van der Waals surface area (Å²) in [6.45, 7) is 3.70. The molecule has 1 aromatic carbocycles. The topological polar surface area (TPSA) is 58.4 Å². The summed E-state index contributed by atoms with van der Waals surface area (Å²) in [5.41, 5.74) is -4.25. The molecule has 0 saturated carbocycles. The Balaban J connectivity index is 1.82. The Hall–Kier alpha value is -2.75. The minimum atomic E-state index is -4.41. The van der Waals surface area contributed by atoms with Crippen molar-refractivity contribution in [1.29, 1.82) is 0 Å². The standard InChI is InChI=1S/C16H13F3N4O2S/c1-10-14(24)23(11-3-5-12(6-4-11)26-16(17,18)19)15(25)22(10)9-13-20-7-8-21(13)2/h3-8H,1,9H2,2H3. The Kier molecular flexibility index (Phi) is 4.53. The molecule has 1 aromatic heterocycles. The fourth-order valence-electron chi connectivity index (χ4n) is 2.45. The van der Waals surface area contributed by atoms with Crippen LogP contribution < -0.4 is 4.90 Å². The van der Waals surface area contributed by atoms with Gasteiger partial charge >= 0.3 is 11.5 Å². The van der Waals surface area contributed by atoms with Gasteiger partial charge in [-0.1, -0.05) is 6.58 Å². The van der Waals surface area contributed by atoms with E-state index in [0.29, 0.717) is 5.82 Å². The van der Waals surface area contributed by atoms with E-state index in [1.807, 2.05) is 0 Å². The molecule has 3 amide bonds. The van der Waals surface area contributed by atoms with Gasteiger partial charge in [0, 0.05) is 24.3 Å². The van der Waals surface area contributed by atoms with E-state index in [0.717, 1.165) is 4.90 Å². The molecule has 1 fully saturated rings. The van der Waals surface area contributed by atoms with Gasteiger partial charge < -0.3 is 4.57 Å². The lowest BCUT2D eigenvalue weighted by Gasteiger charge is -2.17. The summed E-state index contributed by atoms with van der Waals surface area (Å²) in [6, 6.07) is 4.37. The quantitative estimate of drug-likeness (QED) is 0.461. The second-order valence-electron chi connectivity index (χ2n) is 5.45. The van der Waals surface area contributed by atoms with Crippen molar-refractivity contribution in [2.45, 2.75) is 16.9 Å². The molecule has 0 unspecified atom stereocenters. The van der Waals surface area contributed by atoms with Gasteiger partial charge in [-0.15, -0.1) is 0 Å². The van der Waals surface area contributed by atoms with Crippen LogP contribution in [0, 0.1) is 0 Å². The van der Waals surface area contributed by atoms with Gasteiger partial charge in [-0.2, -0.15) is 13.2 Å². The van der Waals surface area contributed by atoms with Crippen LogP contribution in [0.1, 0.15) is 5.82 Å². The molecule has 2 heterocycles. The highest BCUT2D eigenvalue weighted by Crippen LogP contribution is 2.38. The Labute approximate surface area is 150 Å². The van der Waals surface area contributed by atoms with Crippen molar-refractivity contribution in [2.24, 2.45) is 7.05 Å². The van der Waals surface area contributed by atoms with Crippen LogP contribution in [0.5, 0.6) is 0 Å². The van der Waals surface area contributed by atoms with E-state index < -0.39 is 17.4 Å². The number of imide groups is 1. The Morgan fingerprint density at radius 1 is 1.19 bits per heavy atom. The molecule has 10 heteroatoms. The molecule has 1 aliphatic heterocycles. The lowest BCUT2D eigenvalue weighted by atomic mass is 10.3. The van der Waals surface area contributed by atoms with Crippen molar-refractivity contribution >= 4 is 29.4 Å². The molecule has 2 aromatic rings. The molecule has 3 rings (SSSR count). The van der Waals surface area contributed by atoms with E-state index in [9.17, 15) is 22.8 Å². The summed E-state index contributed by atoms with van der Waals surface area (Å²) in [7, 11) is 1.75. The number of aryl methyl sites for hydroxylation is 1. The number of halogens is 3. The van der Waals surface area contributed by atoms with Crippen LogP contribution in [0.15, 0.2) is 53.8 Å². The number of nitrogens with zero attached hydrogens (tertiary/aromatic N) is 4. The molecule has 6 nitrogen and oxygen atoms in total. The summed E-state index contributed by atoms with van der Waals surface area (Å²) in [5, 5.41) is 0. The Morgan fingerprint density at radius 3 is 2.38 bits per heavy atom. The fraction of sp³-hybridized carbons (Fsp3) is 0.188. The van der Waals surface area contributed by atoms with E-state index >= 15 is 0 Å². The van der Waals surface area contributed by atoms with Crippen LogP contribution in [0.4, 0.5) is 23.7 Å². The number of aromatic nitrogens is 2. The molecule has 1 saturated heterocycles. The van der Waals surface area contributed by atoms with Gasteiger partial charge in [-0.05, 0) is 36.0 Å². The van der Waals surface area contributed by atoms with E-state index in [1.165, 1.54) is 29.2 Å². The molecule has 0 bridgehead atoms. The number of anilines is 1. The summed E-state index contributed by atoms with van der Waals surface area (Å²) >= 11 is -0.268. The number of hydrogen-bond donors (Lipinski definition) is 0. The number of carbonyl (C=O) groups is 2. The predicted octanol–water partition coefficient (Wildman–Crippen LogP) is 3.51. The van der Waals surface area contributed by atoms with Crippen molar-refractivity contribution in [2.75, 3.05) is 4.90 Å². The van der Waals surface area contributed by atoms with Gasteiger partial charge in [0.25, 0.3) is 5.91 Å². The number of carbonyl (C=O) groups excluding carboxylic acids is 2. The van der Waals surface area contributed by atoms with Gasteiger partial charge in [0.2, 0.25) is 0 Å². The molecule has 0 atom stereocenters. The molecule has 1 aliphatic rings. The number of thioether (sulfide) groups is 1. The van der Waals surface area contributed by atoms with Crippen molar-refractivity contribution < 1.29 is 22.8 Å². The van der Waals surface area contributed by atoms with Crippen molar-refractivity contribution in [1.82, 2.24) is 14.5 Å². The van der Waals surface area contributed by atoms with E-state index in [1.54, 1.807) is 24.0 Å². The Morgan fingerprint density at radius 2 is 1.85 bits per heavy atom. The molecule has 0 spiro atoms. The summed E-state index contributed by atoms with van der Waals surface area (Å²) in [4.78, 5) is 31.2. The normalized spacial score (nSPS) is 15.3. The number of imidazole rings is 1.